The normalized spacial score (nSPS) is 14.8. The molecule has 0 atom stereocenters. The summed E-state index contributed by atoms with van der Waals surface area (Å²) in [5, 5.41) is 0. The van der Waals surface area contributed by atoms with Crippen molar-refractivity contribution >= 4 is 0 Å². The average Bonchev–Trinajstić information content (AvgIpc) is 2.83. The maximum Gasteiger partial charge on any atom is 0.0893 e. The number of unbranched alkanes of at least 4 members (excludes halogenated alkanes) is 7. The molecular formula is C16H32N2. The van der Waals surface area contributed by atoms with E-state index in [9.17, 15) is 0 Å². The molecule has 1 heterocycles. The Hall–Kier alpha value is -0.660. The van der Waals surface area contributed by atoms with Gasteiger partial charge in [-0.15, -0.1) is 0 Å². The van der Waals surface area contributed by atoms with Gasteiger partial charge in [0.15, 0.2) is 0 Å². The molecule has 0 bridgehead atoms. The molecular weight excluding hydrogens is 220 g/mol. The predicted molar refractivity (Wildman–Crippen MR) is 80.3 cm³/mol. The summed E-state index contributed by atoms with van der Waals surface area (Å²) in [6.45, 7) is 8.13. The van der Waals surface area contributed by atoms with Crippen LogP contribution in [0.15, 0.2) is 12.4 Å². The predicted octanol–water partition coefficient (Wildman–Crippen LogP) is 4.58. The molecule has 0 spiro atoms. The third kappa shape index (κ3) is 6.93. The first-order valence-electron chi connectivity index (χ1n) is 8.03. The van der Waals surface area contributed by atoms with Gasteiger partial charge in [0.25, 0.3) is 0 Å². The van der Waals surface area contributed by atoms with Crippen LogP contribution in [-0.4, -0.2) is 29.6 Å². The lowest BCUT2D eigenvalue weighted by molar-refractivity contribution is 0.258. The number of hydrogen-bond donors (Lipinski definition) is 0. The van der Waals surface area contributed by atoms with Gasteiger partial charge in [0.2, 0.25) is 0 Å². The Morgan fingerprint density at radius 3 is 1.78 bits per heavy atom. The van der Waals surface area contributed by atoms with Crippen LogP contribution in [0.5, 0.6) is 0 Å². The van der Waals surface area contributed by atoms with Gasteiger partial charge >= 0.3 is 0 Å². The van der Waals surface area contributed by atoms with E-state index in [1.807, 2.05) is 0 Å². The van der Waals surface area contributed by atoms with Gasteiger partial charge in [-0.1, -0.05) is 58.8 Å². The van der Waals surface area contributed by atoms with Gasteiger partial charge in [0, 0.05) is 25.5 Å². The second kappa shape index (κ2) is 10.3. The Kier molecular flexibility index (Phi) is 8.79. The third-order valence-corrected chi connectivity index (χ3v) is 3.70. The molecule has 1 rings (SSSR count). The zero-order valence-corrected chi connectivity index (χ0v) is 12.5. The van der Waals surface area contributed by atoms with Crippen molar-refractivity contribution in [3.63, 3.8) is 0 Å². The monoisotopic (exact) mass is 252 g/mol. The van der Waals surface area contributed by atoms with E-state index in [4.69, 9.17) is 0 Å². The molecule has 2 heteroatoms. The molecule has 0 aromatic carbocycles. The van der Waals surface area contributed by atoms with Gasteiger partial charge in [-0.3, -0.25) is 0 Å². The van der Waals surface area contributed by atoms with Crippen molar-refractivity contribution in [2.75, 3.05) is 19.8 Å². The highest BCUT2D eigenvalue weighted by Crippen LogP contribution is 2.11. The maximum atomic E-state index is 2.46. The van der Waals surface area contributed by atoms with Crippen molar-refractivity contribution in [3.05, 3.63) is 12.4 Å². The van der Waals surface area contributed by atoms with Crippen molar-refractivity contribution < 1.29 is 0 Å². The molecule has 0 amide bonds. The van der Waals surface area contributed by atoms with Crippen LogP contribution in [0.1, 0.15) is 71.6 Å². The summed E-state index contributed by atoms with van der Waals surface area (Å²) in [5.41, 5.74) is 0. The molecule has 2 nitrogen and oxygen atoms in total. The Morgan fingerprint density at radius 1 is 0.667 bits per heavy atom. The lowest BCUT2D eigenvalue weighted by Gasteiger charge is -2.21. The SMILES string of the molecule is CCCCCCCCCN1C=CN(CCCC)C1. The van der Waals surface area contributed by atoms with Crippen molar-refractivity contribution in [1.29, 1.82) is 0 Å². The molecule has 18 heavy (non-hydrogen) atoms. The van der Waals surface area contributed by atoms with Gasteiger partial charge in [0.05, 0.1) is 6.67 Å². The fourth-order valence-corrected chi connectivity index (χ4v) is 2.44. The third-order valence-electron chi connectivity index (χ3n) is 3.70. The average molecular weight is 252 g/mol. The lowest BCUT2D eigenvalue weighted by Crippen LogP contribution is -2.26. The van der Waals surface area contributed by atoms with Crippen molar-refractivity contribution in [3.8, 4) is 0 Å². The van der Waals surface area contributed by atoms with Crippen LogP contribution in [0.3, 0.4) is 0 Å². The summed E-state index contributed by atoms with van der Waals surface area (Å²) >= 11 is 0. The van der Waals surface area contributed by atoms with Gasteiger partial charge in [-0.2, -0.15) is 0 Å². The van der Waals surface area contributed by atoms with E-state index in [1.54, 1.807) is 0 Å². The minimum absolute atomic E-state index is 1.12. The number of nitrogens with zero attached hydrogens (tertiary/aromatic N) is 2. The van der Waals surface area contributed by atoms with Crippen LogP contribution in [0.4, 0.5) is 0 Å². The molecule has 0 radical (unpaired) electrons. The van der Waals surface area contributed by atoms with Gasteiger partial charge < -0.3 is 9.80 Å². The Morgan fingerprint density at radius 2 is 1.17 bits per heavy atom. The van der Waals surface area contributed by atoms with E-state index < -0.39 is 0 Å². The van der Waals surface area contributed by atoms with E-state index >= 15 is 0 Å². The van der Waals surface area contributed by atoms with Gasteiger partial charge in [-0.05, 0) is 12.8 Å². The summed E-state index contributed by atoms with van der Waals surface area (Å²) in [6, 6.07) is 0. The Labute approximate surface area is 114 Å². The first-order valence-corrected chi connectivity index (χ1v) is 8.03. The summed E-state index contributed by atoms with van der Waals surface area (Å²) in [6.07, 6.45) is 17.0. The van der Waals surface area contributed by atoms with Crippen LogP contribution in [-0.2, 0) is 0 Å². The molecule has 0 aliphatic carbocycles. The summed E-state index contributed by atoms with van der Waals surface area (Å²) < 4.78 is 0. The highest BCUT2D eigenvalue weighted by Gasteiger charge is 2.10. The largest absolute Gasteiger partial charge is 0.359 e. The van der Waals surface area contributed by atoms with Crippen LogP contribution in [0, 0.1) is 0 Å². The zero-order chi connectivity index (χ0) is 13.1. The molecule has 0 N–H and O–H groups in total. The number of hydrogen-bond acceptors (Lipinski definition) is 2. The first-order chi connectivity index (χ1) is 8.86. The highest BCUT2D eigenvalue weighted by atomic mass is 15.3. The van der Waals surface area contributed by atoms with Gasteiger partial charge in [-0.25, -0.2) is 0 Å². The minimum Gasteiger partial charge on any atom is -0.359 e. The van der Waals surface area contributed by atoms with E-state index in [1.165, 1.54) is 70.9 Å². The summed E-state index contributed by atoms with van der Waals surface area (Å²) in [4.78, 5) is 4.90. The fraction of sp³-hybridized carbons (Fsp3) is 0.875. The van der Waals surface area contributed by atoms with E-state index in [2.05, 4.69) is 36.0 Å². The Bertz CT molecular complexity index is 213. The quantitative estimate of drug-likeness (QED) is 0.496. The summed E-state index contributed by atoms with van der Waals surface area (Å²) in [5.74, 6) is 0. The van der Waals surface area contributed by atoms with E-state index in [0.717, 1.165) is 6.67 Å². The zero-order valence-electron chi connectivity index (χ0n) is 12.5. The van der Waals surface area contributed by atoms with Crippen molar-refractivity contribution in [2.24, 2.45) is 0 Å². The standard InChI is InChI=1S/C16H32N2/c1-3-5-7-8-9-10-11-13-18-15-14-17(16-18)12-6-4-2/h14-15H,3-13,16H2,1-2H3. The first kappa shape index (κ1) is 15.4. The van der Waals surface area contributed by atoms with Crippen molar-refractivity contribution in [1.82, 2.24) is 9.80 Å². The molecule has 0 aromatic rings. The van der Waals surface area contributed by atoms with Crippen LogP contribution in [0.25, 0.3) is 0 Å². The van der Waals surface area contributed by atoms with Gasteiger partial charge in [0.1, 0.15) is 0 Å². The molecule has 0 saturated carbocycles. The maximum absolute atomic E-state index is 2.46. The fourth-order valence-electron chi connectivity index (χ4n) is 2.44. The van der Waals surface area contributed by atoms with Crippen LogP contribution >= 0.6 is 0 Å². The van der Waals surface area contributed by atoms with Crippen LogP contribution in [0.2, 0.25) is 0 Å². The molecule has 1 aliphatic rings. The van der Waals surface area contributed by atoms with E-state index in [-0.39, 0.29) is 0 Å². The Balaban J connectivity index is 1.90. The van der Waals surface area contributed by atoms with Crippen molar-refractivity contribution in [2.45, 2.75) is 71.6 Å². The van der Waals surface area contributed by atoms with E-state index in [0.29, 0.717) is 0 Å². The second-order valence-electron chi connectivity index (χ2n) is 5.54. The molecule has 0 aromatic heterocycles. The second-order valence-corrected chi connectivity index (χ2v) is 5.54. The summed E-state index contributed by atoms with van der Waals surface area (Å²) in [7, 11) is 0. The lowest BCUT2D eigenvalue weighted by atomic mass is 10.1. The molecule has 0 fully saturated rings. The van der Waals surface area contributed by atoms with Crippen LogP contribution < -0.4 is 0 Å². The minimum atomic E-state index is 1.12. The molecule has 0 unspecified atom stereocenters. The molecule has 1 aliphatic heterocycles. The smallest absolute Gasteiger partial charge is 0.0893 e. The highest BCUT2D eigenvalue weighted by molar-refractivity contribution is 4.90. The molecule has 106 valence electrons. The number of rotatable bonds is 11. The molecule has 0 saturated heterocycles. The topological polar surface area (TPSA) is 6.48 Å².